The molecule has 0 radical (unpaired) electrons. The van der Waals surface area contributed by atoms with E-state index in [1.165, 1.54) is 18.5 Å². The molecule has 142 valence electrons. The maximum absolute atomic E-state index is 10.7. The summed E-state index contributed by atoms with van der Waals surface area (Å²) >= 11 is 3.34. The van der Waals surface area contributed by atoms with Gasteiger partial charge in [0.05, 0.1) is 11.0 Å². The highest BCUT2D eigenvalue weighted by Crippen LogP contribution is 2.28. The summed E-state index contributed by atoms with van der Waals surface area (Å²) in [6.07, 6.45) is 3.21. The number of rotatable bonds is 4. The van der Waals surface area contributed by atoms with E-state index in [4.69, 9.17) is 0 Å². The molecule has 1 fully saturated rings. The van der Waals surface area contributed by atoms with E-state index in [0.717, 1.165) is 29.7 Å². The Hall–Kier alpha value is -1.96. The molecule has 0 spiro atoms. The van der Waals surface area contributed by atoms with Gasteiger partial charge in [0.1, 0.15) is 16.5 Å². The zero-order valence-electron chi connectivity index (χ0n) is 15.6. The summed E-state index contributed by atoms with van der Waals surface area (Å²) in [4.78, 5) is 16.7. The topological polar surface area (TPSA) is 68.3 Å². The fourth-order valence-electron chi connectivity index (χ4n) is 3.73. The van der Waals surface area contributed by atoms with Crippen molar-refractivity contribution in [2.75, 3.05) is 32.1 Å². The van der Waals surface area contributed by atoms with Gasteiger partial charge in [-0.1, -0.05) is 0 Å². The summed E-state index contributed by atoms with van der Waals surface area (Å²) in [6.45, 7) is 2.12. The lowest BCUT2D eigenvalue weighted by atomic mass is 10.0. The first-order chi connectivity index (χ1) is 13.0. The number of hydrogen-bond acceptors (Lipinski definition) is 5. The number of fused-ring (bicyclic) bond motifs is 1. The van der Waals surface area contributed by atoms with Gasteiger partial charge in [0.2, 0.25) is 0 Å². The summed E-state index contributed by atoms with van der Waals surface area (Å²) in [5, 5.41) is 10.7. The highest BCUT2D eigenvalue weighted by Gasteiger charge is 2.21. The molecule has 1 aliphatic rings. The number of hydrogen-bond donors (Lipinski definition) is 2. The minimum Gasteiger partial charge on any atom is -0.380 e. The summed E-state index contributed by atoms with van der Waals surface area (Å²) < 4.78 is 0.693. The molecule has 1 saturated heterocycles. The smallest absolute Gasteiger partial charge is 0.140 e. The quantitative estimate of drug-likeness (QED) is 0.622. The number of pyridine rings is 1. The monoisotopic (exact) mass is 429 g/mol. The Kier molecular flexibility index (Phi) is 5.16. The maximum Gasteiger partial charge on any atom is 0.140 e. The Labute approximate surface area is 167 Å². The fraction of sp³-hybridized carbons (Fsp3) is 0.400. The molecule has 3 aromatic rings. The van der Waals surface area contributed by atoms with Gasteiger partial charge in [-0.25, -0.2) is 9.97 Å². The van der Waals surface area contributed by atoms with Crippen LogP contribution in [0.25, 0.3) is 11.0 Å². The molecule has 27 heavy (non-hydrogen) atoms. The number of nitrogens with one attached hydrogen (secondary N) is 1. The first kappa shape index (κ1) is 18.4. The summed E-state index contributed by atoms with van der Waals surface area (Å²) in [7, 11) is 4.32. The number of aromatic nitrogens is 3. The first-order valence-corrected chi connectivity index (χ1v) is 10.0. The third-order valence-electron chi connectivity index (χ3n) is 5.37. The normalized spacial score (nSPS) is 17.0. The van der Waals surface area contributed by atoms with E-state index < -0.39 is 6.10 Å². The van der Waals surface area contributed by atoms with Gasteiger partial charge in [-0.2, -0.15) is 0 Å². The lowest BCUT2D eigenvalue weighted by Gasteiger charge is -2.36. The molecule has 2 N–H and O–H groups in total. The van der Waals surface area contributed by atoms with Crippen molar-refractivity contribution >= 4 is 32.7 Å². The number of aliphatic hydroxyl groups is 1. The predicted molar refractivity (Wildman–Crippen MR) is 111 cm³/mol. The fourth-order valence-corrected chi connectivity index (χ4v) is 4.11. The minimum atomic E-state index is -0.809. The van der Waals surface area contributed by atoms with Crippen LogP contribution in [0, 0.1) is 0 Å². The Morgan fingerprint density at radius 2 is 2.00 bits per heavy atom. The molecule has 7 heteroatoms. The van der Waals surface area contributed by atoms with Crippen molar-refractivity contribution in [1.82, 2.24) is 19.9 Å². The van der Waals surface area contributed by atoms with Gasteiger partial charge < -0.3 is 19.9 Å². The van der Waals surface area contributed by atoms with Gasteiger partial charge in [0.25, 0.3) is 0 Å². The molecule has 1 aromatic carbocycles. The van der Waals surface area contributed by atoms with Crippen molar-refractivity contribution in [3.63, 3.8) is 0 Å². The molecule has 1 atom stereocenters. The third kappa shape index (κ3) is 3.85. The molecule has 3 heterocycles. The SMILES string of the molecule is CN(C)C1CCN(c2ccc3nc(C(O)c4ccnc(Br)c4)[nH]c3c2)CC1. The summed E-state index contributed by atoms with van der Waals surface area (Å²) in [6, 6.07) is 10.5. The molecule has 2 aromatic heterocycles. The standard InChI is InChI=1S/C20H24BrN5O/c1-25(2)14-6-9-26(10-7-14)15-3-4-16-17(12-15)24-20(23-16)19(27)13-5-8-22-18(21)11-13/h3-5,8,11-12,14,19,27H,6-7,9-10H2,1-2H3,(H,23,24). The number of H-pyrrole nitrogens is 1. The Balaban J connectivity index is 1.55. The number of halogens is 1. The second kappa shape index (κ2) is 7.58. The predicted octanol–water partition coefficient (Wildman–Crippen LogP) is 3.33. The summed E-state index contributed by atoms with van der Waals surface area (Å²) in [5.41, 5.74) is 3.77. The molecule has 1 aliphatic heterocycles. The molecule has 0 saturated carbocycles. The van der Waals surface area contributed by atoms with Crippen molar-refractivity contribution in [2.45, 2.75) is 25.0 Å². The van der Waals surface area contributed by atoms with Gasteiger partial charge in [-0.15, -0.1) is 0 Å². The van der Waals surface area contributed by atoms with Crippen LogP contribution in [0.5, 0.6) is 0 Å². The molecule has 4 rings (SSSR count). The van der Waals surface area contributed by atoms with E-state index in [2.05, 4.69) is 66.9 Å². The van der Waals surface area contributed by atoms with Crippen molar-refractivity contribution < 1.29 is 5.11 Å². The van der Waals surface area contributed by atoms with Crippen LogP contribution in [-0.2, 0) is 0 Å². The van der Waals surface area contributed by atoms with Crippen LogP contribution in [0.3, 0.4) is 0 Å². The first-order valence-electron chi connectivity index (χ1n) is 9.22. The van der Waals surface area contributed by atoms with Crippen molar-refractivity contribution in [1.29, 1.82) is 0 Å². The van der Waals surface area contributed by atoms with Crippen molar-refractivity contribution in [3.05, 3.63) is 52.5 Å². The van der Waals surface area contributed by atoms with Crippen LogP contribution in [0.1, 0.15) is 30.3 Å². The van der Waals surface area contributed by atoms with Crippen LogP contribution in [-0.4, -0.2) is 58.2 Å². The molecule has 6 nitrogen and oxygen atoms in total. The van der Waals surface area contributed by atoms with Crippen LogP contribution < -0.4 is 4.90 Å². The zero-order valence-corrected chi connectivity index (χ0v) is 17.1. The highest BCUT2D eigenvalue weighted by molar-refractivity contribution is 9.10. The zero-order chi connectivity index (χ0) is 19.0. The van der Waals surface area contributed by atoms with E-state index in [0.29, 0.717) is 16.5 Å². The van der Waals surface area contributed by atoms with Crippen molar-refractivity contribution in [2.24, 2.45) is 0 Å². The summed E-state index contributed by atoms with van der Waals surface area (Å²) in [5.74, 6) is 0.548. The van der Waals surface area contributed by atoms with Gasteiger partial charge in [0.15, 0.2) is 0 Å². The van der Waals surface area contributed by atoms with Crippen LogP contribution in [0.15, 0.2) is 41.1 Å². The van der Waals surface area contributed by atoms with E-state index in [-0.39, 0.29) is 0 Å². The number of aromatic amines is 1. The average Bonchev–Trinajstić information content (AvgIpc) is 3.10. The number of aliphatic hydroxyl groups excluding tert-OH is 1. The van der Waals surface area contributed by atoms with Gasteiger partial charge >= 0.3 is 0 Å². The highest BCUT2D eigenvalue weighted by atomic mass is 79.9. The second-order valence-corrected chi connectivity index (χ2v) is 8.13. The molecule has 1 unspecified atom stereocenters. The van der Waals surface area contributed by atoms with Crippen LogP contribution in [0.4, 0.5) is 5.69 Å². The Bertz CT molecular complexity index is 933. The lowest BCUT2D eigenvalue weighted by molar-refractivity contribution is 0.211. The third-order valence-corrected chi connectivity index (χ3v) is 5.80. The van der Waals surface area contributed by atoms with Gasteiger partial charge in [-0.05, 0) is 78.8 Å². The second-order valence-electron chi connectivity index (χ2n) is 7.32. The number of nitrogens with zero attached hydrogens (tertiary/aromatic N) is 4. The van der Waals surface area contributed by atoms with E-state index in [1.807, 2.05) is 6.07 Å². The van der Waals surface area contributed by atoms with Gasteiger partial charge in [-0.3, -0.25) is 0 Å². The molecule has 0 bridgehead atoms. The Morgan fingerprint density at radius 1 is 1.22 bits per heavy atom. The van der Waals surface area contributed by atoms with E-state index in [1.54, 1.807) is 18.3 Å². The molecular formula is C20H24BrN5O. The van der Waals surface area contributed by atoms with Crippen molar-refractivity contribution in [3.8, 4) is 0 Å². The number of benzene rings is 1. The molecule has 0 aliphatic carbocycles. The van der Waals surface area contributed by atoms with Gasteiger partial charge in [0, 0.05) is 31.0 Å². The van der Waals surface area contributed by atoms with Crippen LogP contribution in [0.2, 0.25) is 0 Å². The minimum absolute atomic E-state index is 0.548. The average molecular weight is 430 g/mol. The number of anilines is 1. The maximum atomic E-state index is 10.7. The van der Waals surface area contributed by atoms with E-state index in [9.17, 15) is 5.11 Å². The lowest BCUT2D eigenvalue weighted by Crippen LogP contribution is -2.41. The molecular weight excluding hydrogens is 406 g/mol. The largest absolute Gasteiger partial charge is 0.380 e. The molecule has 0 amide bonds. The number of imidazole rings is 1. The number of piperidine rings is 1. The Morgan fingerprint density at radius 3 is 2.70 bits per heavy atom. The van der Waals surface area contributed by atoms with Crippen LogP contribution >= 0.6 is 15.9 Å². The van der Waals surface area contributed by atoms with E-state index >= 15 is 0 Å².